The Morgan fingerprint density at radius 2 is 1.46 bits per heavy atom. The van der Waals surface area contributed by atoms with Crippen LogP contribution in [-0.4, -0.2) is 23.3 Å². The van der Waals surface area contributed by atoms with E-state index in [1.807, 2.05) is 0 Å². The van der Waals surface area contributed by atoms with Crippen LogP contribution in [0.15, 0.2) is 48.5 Å². The van der Waals surface area contributed by atoms with Crippen LogP contribution in [-0.2, 0) is 15.8 Å². The summed E-state index contributed by atoms with van der Waals surface area (Å²) in [5.41, 5.74) is -0.409. The van der Waals surface area contributed by atoms with Crippen LogP contribution in [0.4, 0.5) is 28.9 Å². The van der Waals surface area contributed by atoms with Gasteiger partial charge >= 0.3 is 6.18 Å². The van der Waals surface area contributed by atoms with E-state index in [1.54, 1.807) is 0 Å². The third-order valence-electron chi connectivity index (χ3n) is 3.07. The molecular formula is C17H14F4N2O2S. The largest absolute Gasteiger partial charge is 0.416 e. The van der Waals surface area contributed by atoms with Gasteiger partial charge in [-0.3, -0.25) is 9.59 Å². The van der Waals surface area contributed by atoms with Gasteiger partial charge in [-0.2, -0.15) is 13.2 Å². The molecule has 2 aromatic rings. The van der Waals surface area contributed by atoms with Crippen LogP contribution in [0.1, 0.15) is 5.56 Å². The van der Waals surface area contributed by atoms with Gasteiger partial charge in [0.2, 0.25) is 11.8 Å². The summed E-state index contributed by atoms with van der Waals surface area (Å²) in [4.78, 5) is 23.5. The second-order valence-electron chi connectivity index (χ2n) is 5.17. The molecule has 26 heavy (non-hydrogen) atoms. The number of benzene rings is 2. The van der Waals surface area contributed by atoms with Crippen LogP contribution in [0, 0.1) is 5.82 Å². The van der Waals surface area contributed by atoms with Crippen LogP contribution >= 0.6 is 11.8 Å². The Morgan fingerprint density at radius 3 is 2.04 bits per heavy atom. The zero-order chi connectivity index (χ0) is 19.2. The highest BCUT2D eigenvalue weighted by molar-refractivity contribution is 8.00. The lowest BCUT2D eigenvalue weighted by Crippen LogP contribution is -2.18. The quantitative estimate of drug-likeness (QED) is 0.733. The van der Waals surface area contributed by atoms with E-state index < -0.39 is 23.5 Å². The summed E-state index contributed by atoms with van der Waals surface area (Å²) in [7, 11) is 0. The van der Waals surface area contributed by atoms with Crippen LogP contribution in [0.5, 0.6) is 0 Å². The average Bonchev–Trinajstić information content (AvgIpc) is 2.56. The summed E-state index contributed by atoms with van der Waals surface area (Å²) in [5, 5.41) is 4.88. The molecule has 0 aromatic heterocycles. The number of amides is 2. The minimum atomic E-state index is -4.49. The van der Waals surface area contributed by atoms with Crippen molar-refractivity contribution in [3.63, 3.8) is 0 Å². The minimum absolute atomic E-state index is 0.0289. The monoisotopic (exact) mass is 386 g/mol. The number of anilines is 2. The first-order valence-corrected chi connectivity index (χ1v) is 8.50. The van der Waals surface area contributed by atoms with Gasteiger partial charge in [-0.1, -0.05) is 6.07 Å². The van der Waals surface area contributed by atoms with Crippen molar-refractivity contribution in [2.75, 3.05) is 22.1 Å². The maximum absolute atomic E-state index is 12.8. The van der Waals surface area contributed by atoms with Crippen molar-refractivity contribution >= 4 is 35.0 Å². The molecule has 2 aromatic carbocycles. The van der Waals surface area contributed by atoms with Gasteiger partial charge in [0.05, 0.1) is 17.1 Å². The third kappa shape index (κ3) is 6.40. The number of rotatable bonds is 6. The number of carbonyl (C=O) groups excluding carboxylic acids is 2. The number of hydrogen-bond acceptors (Lipinski definition) is 3. The smallest absolute Gasteiger partial charge is 0.325 e. The number of carbonyl (C=O) groups is 2. The van der Waals surface area contributed by atoms with E-state index in [2.05, 4.69) is 10.6 Å². The Labute approximate surface area is 151 Å². The number of thioether (sulfide) groups is 1. The molecule has 138 valence electrons. The molecule has 9 heteroatoms. The third-order valence-corrected chi connectivity index (χ3v) is 4.00. The van der Waals surface area contributed by atoms with Crippen molar-refractivity contribution < 1.29 is 27.2 Å². The summed E-state index contributed by atoms with van der Waals surface area (Å²) in [5.74, 6) is -1.47. The fraction of sp³-hybridized carbons (Fsp3) is 0.176. The van der Waals surface area contributed by atoms with E-state index in [4.69, 9.17) is 0 Å². The molecule has 0 heterocycles. The number of hydrogen-bond donors (Lipinski definition) is 2. The molecule has 0 radical (unpaired) electrons. The lowest BCUT2D eigenvalue weighted by Gasteiger charge is -2.10. The fourth-order valence-electron chi connectivity index (χ4n) is 1.94. The van der Waals surface area contributed by atoms with Crippen molar-refractivity contribution in [3.05, 3.63) is 59.9 Å². The SMILES string of the molecule is O=C(CSCC(=O)Nc1cccc(C(F)(F)F)c1)Nc1ccc(F)cc1. The van der Waals surface area contributed by atoms with Crippen LogP contribution in [0.25, 0.3) is 0 Å². The number of alkyl halides is 3. The Kier molecular flexibility index (Phi) is 6.62. The van der Waals surface area contributed by atoms with E-state index >= 15 is 0 Å². The van der Waals surface area contributed by atoms with Crippen molar-refractivity contribution in [1.29, 1.82) is 0 Å². The van der Waals surface area contributed by atoms with E-state index in [0.717, 1.165) is 23.9 Å². The summed E-state index contributed by atoms with van der Waals surface area (Å²) in [6.07, 6.45) is -4.49. The molecule has 0 saturated heterocycles. The van der Waals surface area contributed by atoms with Crippen LogP contribution in [0.3, 0.4) is 0 Å². The molecule has 0 saturated carbocycles. The van der Waals surface area contributed by atoms with Crippen molar-refractivity contribution in [2.24, 2.45) is 0 Å². The summed E-state index contributed by atoms with van der Waals surface area (Å²) in [6, 6.07) is 9.49. The molecule has 0 aliphatic carbocycles. The maximum Gasteiger partial charge on any atom is 0.416 e. The minimum Gasteiger partial charge on any atom is -0.325 e. The molecule has 0 aliphatic heterocycles. The summed E-state index contributed by atoms with van der Waals surface area (Å²) < 4.78 is 50.6. The molecule has 0 unspecified atom stereocenters. The first-order chi connectivity index (χ1) is 12.2. The molecule has 4 nitrogen and oxygen atoms in total. The van der Waals surface area contributed by atoms with Crippen molar-refractivity contribution in [2.45, 2.75) is 6.18 Å². The van der Waals surface area contributed by atoms with Crippen LogP contribution < -0.4 is 10.6 Å². The molecule has 0 bridgehead atoms. The zero-order valence-electron chi connectivity index (χ0n) is 13.3. The van der Waals surface area contributed by atoms with Gasteiger partial charge in [0.1, 0.15) is 5.82 Å². The average molecular weight is 386 g/mol. The molecule has 0 aliphatic rings. The van der Waals surface area contributed by atoms with E-state index in [9.17, 15) is 27.2 Å². The van der Waals surface area contributed by atoms with Gasteiger partial charge in [-0.25, -0.2) is 4.39 Å². The second kappa shape index (κ2) is 8.70. The highest BCUT2D eigenvalue weighted by Gasteiger charge is 2.30. The zero-order valence-corrected chi connectivity index (χ0v) is 14.1. The molecule has 0 spiro atoms. The lowest BCUT2D eigenvalue weighted by atomic mass is 10.2. The van der Waals surface area contributed by atoms with Gasteiger partial charge < -0.3 is 10.6 Å². The predicted octanol–water partition coefficient (Wildman–Crippen LogP) is 4.15. The van der Waals surface area contributed by atoms with Gasteiger partial charge in [0, 0.05) is 11.4 Å². The maximum atomic E-state index is 12.8. The molecule has 2 rings (SSSR count). The Bertz CT molecular complexity index is 779. The first kappa shape index (κ1) is 19.8. The number of nitrogens with one attached hydrogen (secondary N) is 2. The standard InChI is InChI=1S/C17H14F4N2O2S/c18-12-4-6-13(7-5-12)22-15(24)9-26-10-16(25)23-14-3-1-2-11(8-14)17(19,20)21/h1-8H,9-10H2,(H,22,24)(H,23,25). The predicted molar refractivity (Wildman–Crippen MR) is 92.4 cm³/mol. The molecule has 0 fully saturated rings. The van der Waals surface area contributed by atoms with Gasteiger partial charge in [0.25, 0.3) is 0 Å². The summed E-state index contributed by atoms with van der Waals surface area (Å²) in [6.45, 7) is 0. The topological polar surface area (TPSA) is 58.2 Å². The molecular weight excluding hydrogens is 372 g/mol. The lowest BCUT2D eigenvalue weighted by molar-refractivity contribution is -0.137. The fourth-order valence-corrected chi connectivity index (χ4v) is 2.55. The van der Waals surface area contributed by atoms with E-state index in [-0.39, 0.29) is 23.1 Å². The summed E-state index contributed by atoms with van der Waals surface area (Å²) >= 11 is 1.00. The Hall–Kier alpha value is -2.55. The van der Waals surface area contributed by atoms with Gasteiger partial charge in [0.15, 0.2) is 0 Å². The van der Waals surface area contributed by atoms with Gasteiger partial charge in [-0.15, -0.1) is 11.8 Å². The molecule has 0 atom stereocenters. The number of halogens is 4. The first-order valence-electron chi connectivity index (χ1n) is 7.34. The second-order valence-corrected chi connectivity index (χ2v) is 6.16. The van der Waals surface area contributed by atoms with E-state index in [0.29, 0.717) is 5.69 Å². The molecule has 2 amide bonds. The Morgan fingerprint density at radius 1 is 0.885 bits per heavy atom. The Balaban J connectivity index is 1.76. The van der Waals surface area contributed by atoms with E-state index in [1.165, 1.54) is 36.4 Å². The molecule has 2 N–H and O–H groups in total. The highest BCUT2D eigenvalue weighted by atomic mass is 32.2. The van der Waals surface area contributed by atoms with Crippen molar-refractivity contribution in [3.8, 4) is 0 Å². The van der Waals surface area contributed by atoms with Crippen molar-refractivity contribution in [1.82, 2.24) is 0 Å². The van der Waals surface area contributed by atoms with Gasteiger partial charge in [-0.05, 0) is 42.5 Å². The normalized spacial score (nSPS) is 11.1. The highest BCUT2D eigenvalue weighted by Crippen LogP contribution is 2.30. The van der Waals surface area contributed by atoms with Crippen LogP contribution in [0.2, 0.25) is 0 Å².